The molecule has 0 spiro atoms. The van der Waals surface area contributed by atoms with Gasteiger partial charge in [-0.1, -0.05) is 27.7 Å². The smallest absolute Gasteiger partial charge is 0.309 e. The maximum Gasteiger partial charge on any atom is 0.309 e. The van der Waals surface area contributed by atoms with Crippen LogP contribution in [0.25, 0.3) is 0 Å². The number of likely N-dealkylation sites (tertiary alicyclic amines) is 1. The van der Waals surface area contributed by atoms with E-state index >= 15 is 0 Å². The van der Waals surface area contributed by atoms with Crippen LogP contribution in [0.4, 0.5) is 0 Å². The molecule has 0 aromatic heterocycles. The first-order chi connectivity index (χ1) is 13.7. The molecule has 2 fully saturated rings. The Balaban J connectivity index is 2.06. The number of carbonyl (C=O) groups excluding carboxylic acids is 3. The van der Waals surface area contributed by atoms with E-state index in [1.165, 1.54) is 0 Å². The molecule has 7 nitrogen and oxygen atoms in total. The second-order valence-electron chi connectivity index (χ2n) is 9.16. The van der Waals surface area contributed by atoms with Crippen molar-refractivity contribution in [1.29, 1.82) is 0 Å². The van der Waals surface area contributed by atoms with Gasteiger partial charge in [-0.2, -0.15) is 0 Å². The van der Waals surface area contributed by atoms with Crippen molar-refractivity contribution in [3.8, 4) is 0 Å². The summed E-state index contributed by atoms with van der Waals surface area (Å²) in [6, 6.07) is -0.626. The third-order valence-corrected chi connectivity index (χ3v) is 5.81. The van der Waals surface area contributed by atoms with E-state index in [1.807, 2.05) is 16.7 Å². The summed E-state index contributed by atoms with van der Waals surface area (Å²) in [5.74, 6) is 0.514. The molecular weight excluding hydrogens is 370 g/mol. The third kappa shape index (κ3) is 6.43. The molecule has 0 saturated carbocycles. The topological polar surface area (TPSA) is 79.0 Å². The predicted molar refractivity (Wildman–Crippen MR) is 112 cm³/mol. The van der Waals surface area contributed by atoms with Crippen LogP contribution in [0.1, 0.15) is 60.3 Å². The van der Waals surface area contributed by atoms with Crippen LogP contribution in [0, 0.1) is 17.8 Å². The number of rotatable bonds is 8. The number of hydrogen-bond acceptors (Lipinski definition) is 5. The zero-order valence-corrected chi connectivity index (χ0v) is 18.8. The Bertz CT molecular complexity index is 570. The molecule has 2 rings (SSSR count). The molecule has 166 valence electrons. The lowest BCUT2D eigenvalue weighted by molar-refractivity contribution is -0.154. The summed E-state index contributed by atoms with van der Waals surface area (Å²) < 4.78 is 5.13. The van der Waals surface area contributed by atoms with E-state index in [-0.39, 0.29) is 29.7 Å². The quantitative estimate of drug-likeness (QED) is 0.621. The van der Waals surface area contributed by atoms with E-state index in [4.69, 9.17) is 4.74 Å². The number of amides is 2. The fraction of sp³-hybridized carbons (Fsp3) is 0.864. The minimum absolute atomic E-state index is 0.0274. The van der Waals surface area contributed by atoms with Crippen LogP contribution in [0.2, 0.25) is 0 Å². The Labute approximate surface area is 175 Å². The maximum absolute atomic E-state index is 13.4. The summed E-state index contributed by atoms with van der Waals surface area (Å²) in [5.41, 5.74) is 0. The number of hydrogen-bond donors (Lipinski definition) is 1. The average molecular weight is 410 g/mol. The second kappa shape index (κ2) is 11.0. The SMILES string of the molecule is CCOC(=O)C1CCN(C(=O)C(CC(C)C)N2CCN[C@@H](CC(C)C)C2=O)CC1. The second-order valence-corrected chi connectivity index (χ2v) is 9.16. The van der Waals surface area contributed by atoms with Crippen molar-refractivity contribution in [1.82, 2.24) is 15.1 Å². The molecule has 0 aliphatic carbocycles. The predicted octanol–water partition coefficient (Wildman–Crippen LogP) is 2.05. The number of carbonyl (C=O) groups is 3. The highest BCUT2D eigenvalue weighted by atomic mass is 16.5. The molecule has 7 heteroatoms. The van der Waals surface area contributed by atoms with Crippen LogP contribution >= 0.6 is 0 Å². The summed E-state index contributed by atoms with van der Waals surface area (Å²) in [4.78, 5) is 42.2. The first kappa shape index (κ1) is 23.6. The van der Waals surface area contributed by atoms with Gasteiger partial charge in [0.15, 0.2) is 0 Å². The van der Waals surface area contributed by atoms with Crippen LogP contribution in [0.3, 0.4) is 0 Å². The van der Waals surface area contributed by atoms with Gasteiger partial charge >= 0.3 is 5.97 Å². The molecule has 2 aliphatic rings. The lowest BCUT2D eigenvalue weighted by atomic mass is 9.94. The molecule has 2 aliphatic heterocycles. The van der Waals surface area contributed by atoms with Gasteiger partial charge in [0.25, 0.3) is 0 Å². The van der Waals surface area contributed by atoms with Gasteiger partial charge in [-0.25, -0.2) is 0 Å². The highest BCUT2D eigenvalue weighted by Gasteiger charge is 2.39. The monoisotopic (exact) mass is 409 g/mol. The fourth-order valence-corrected chi connectivity index (χ4v) is 4.34. The number of ether oxygens (including phenoxy) is 1. The minimum atomic E-state index is -0.418. The average Bonchev–Trinajstić information content (AvgIpc) is 2.67. The van der Waals surface area contributed by atoms with Crippen molar-refractivity contribution >= 4 is 17.8 Å². The maximum atomic E-state index is 13.4. The molecule has 0 aromatic carbocycles. The number of nitrogens with zero attached hydrogens (tertiary/aromatic N) is 2. The van der Waals surface area contributed by atoms with Crippen molar-refractivity contribution in [3.63, 3.8) is 0 Å². The van der Waals surface area contributed by atoms with E-state index in [9.17, 15) is 14.4 Å². The molecule has 0 aromatic rings. The Morgan fingerprint density at radius 2 is 1.76 bits per heavy atom. The molecular formula is C22H39N3O4. The van der Waals surface area contributed by atoms with Gasteiger partial charge in [-0.05, 0) is 44.4 Å². The van der Waals surface area contributed by atoms with Crippen molar-refractivity contribution in [3.05, 3.63) is 0 Å². The van der Waals surface area contributed by atoms with Crippen LogP contribution in [0.5, 0.6) is 0 Å². The molecule has 0 radical (unpaired) electrons. The Morgan fingerprint density at radius 3 is 2.31 bits per heavy atom. The molecule has 2 amide bonds. The Kier molecular flexibility index (Phi) is 8.93. The van der Waals surface area contributed by atoms with Crippen molar-refractivity contribution < 1.29 is 19.1 Å². The first-order valence-electron chi connectivity index (χ1n) is 11.2. The van der Waals surface area contributed by atoms with Crippen LogP contribution in [-0.4, -0.2) is 72.5 Å². The van der Waals surface area contributed by atoms with E-state index in [2.05, 4.69) is 33.0 Å². The van der Waals surface area contributed by atoms with Gasteiger partial charge in [0.2, 0.25) is 11.8 Å². The normalized spacial score (nSPS) is 22.3. The molecule has 2 heterocycles. The molecule has 2 saturated heterocycles. The number of piperidine rings is 1. The van der Waals surface area contributed by atoms with Gasteiger partial charge in [0.1, 0.15) is 6.04 Å². The van der Waals surface area contributed by atoms with Crippen LogP contribution in [-0.2, 0) is 19.1 Å². The highest BCUT2D eigenvalue weighted by molar-refractivity contribution is 5.90. The van der Waals surface area contributed by atoms with E-state index in [0.29, 0.717) is 57.3 Å². The van der Waals surface area contributed by atoms with Crippen LogP contribution in [0.15, 0.2) is 0 Å². The number of esters is 1. The summed E-state index contributed by atoms with van der Waals surface area (Å²) >= 11 is 0. The van der Waals surface area contributed by atoms with Crippen molar-refractivity contribution in [2.24, 2.45) is 17.8 Å². The summed E-state index contributed by atoms with van der Waals surface area (Å²) in [5, 5.41) is 3.32. The van der Waals surface area contributed by atoms with E-state index in [1.54, 1.807) is 0 Å². The minimum Gasteiger partial charge on any atom is -0.466 e. The number of piperazine rings is 1. The van der Waals surface area contributed by atoms with Gasteiger partial charge in [-0.15, -0.1) is 0 Å². The zero-order chi connectivity index (χ0) is 21.6. The van der Waals surface area contributed by atoms with E-state index in [0.717, 1.165) is 13.0 Å². The molecule has 1 unspecified atom stereocenters. The van der Waals surface area contributed by atoms with Gasteiger partial charge in [0.05, 0.1) is 18.6 Å². The van der Waals surface area contributed by atoms with Gasteiger partial charge in [-0.3, -0.25) is 14.4 Å². The lowest BCUT2D eigenvalue weighted by Crippen LogP contribution is -2.62. The highest BCUT2D eigenvalue weighted by Crippen LogP contribution is 2.24. The largest absolute Gasteiger partial charge is 0.466 e. The summed E-state index contributed by atoms with van der Waals surface area (Å²) in [6.07, 6.45) is 2.70. The van der Waals surface area contributed by atoms with E-state index < -0.39 is 6.04 Å². The summed E-state index contributed by atoms with van der Waals surface area (Å²) in [6.45, 7) is 13.0. The standard InChI is InChI=1S/C22H39N3O4/c1-6-29-22(28)17-7-10-24(11-8-17)21(27)19(14-16(4)5)25-12-9-23-18(20(25)26)13-15(2)3/h15-19,23H,6-14H2,1-5H3/t18-,19?/m0/s1. The van der Waals surface area contributed by atoms with Gasteiger partial charge in [0, 0.05) is 26.2 Å². The van der Waals surface area contributed by atoms with Crippen molar-refractivity contribution in [2.45, 2.75) is 72.4 Å². The van der Waals surface area contributed by atoms with Crippen LogP contribution < -0.4 is 5.32 Å². The third-order valence-electron chi connectivity index (χ3n) is 5.81. The van der Waals surface area contributed by atoms with Gasteiger partial charge < -0.3 is 19.9 Å². The summed E-state index contributed by atoms with van der Waals surface area (Å²) in [7, 11) is 0. The molecule has 0 bridgehead atoms. The first-order valence-corrected chi connectivity index (χ1v) is 11.2. The molecule has 2 atom stereocenters. The Morgan fingerprint density at radius 1 is 1.10 bits per heavy atom. The molecule has 1 N–H and O–H groups in total. The van der Waals surface area contributed by atoms with Crippen molar-refractivity contribution in [2.75, 3.05) is 32.8 Å². The molecule has 29 heavy (non-hydrogen) atoms. The lowest BCUT2D eigenvalue weighted by Gasteiger charge is -2.42. The fourth-order valence-electron chi connectivity index (χ4n) is 4.34. The number of nitrogens with one attached hydrogen (secondary N) is 1. The Hall–Kier alpha value is -1.63. The zero-order valence-electron chi connectivity index (χ0n) is 18.8.